The van der Waals surface area contributed by atoms with Gasteiger partial charge >= 0.3 is 0 Å². The molecule has 2 aromatic carbocycles. The summed E-state index contributed by atoms with van der Waals surface area (Å²) in [7, 11) is -3.94. The van der Waals surface area contributed by atoms with Crippen molar-refractivity contribution in [3.8, 4) is 0 Å². The van der Waals surface area contributed by atoms with Crippen LogP contribution in [0.25, 0.3) is 0 Å². The zero-order valence-corrected chi connectivity index (χ0v) is 18.6. The largest absolute Gasteiger partial charge is 0.468 e. The molecule has 30 heavy (non-hydrogen) atoms. The van der Waals surface area contributed by atoms with Crippen LogP contribution in [0.1, 0.15) is 21.7 Å². The van der Waals surface area contributed by atoms with E-state index in [4.69, 9.17) is 16.0 Å². The van der Waals surface area contributed by atoms with Gasteiger partial charge in [-0.1, -0.05) is 29.3 Å². The van der Waals surface area contributed by atoms with Crippen molar-refractivity contribution in [3.05, 3.63) is 82.8 Å². The number of halogens is 1. The Morgan fingerprint density at radius 1 is 1.13 bits per heavy atom. The zero-order valence-electron chi connectivity index (χ0n) is 16.2. The van der Waals surface area contributed by atoms with Crippen LogP contribution >= 0.6 is 23.4 Å². The molecule has 6 nitrogen and oxygen atoms in total. The van der Waals surface area contributed by atoms with Crippen LogP contribution in [-0.2, 0) is 15.8 Å². The van der Waals surface area contributed by atoms with Crippen LogP contribution in [0.2, 0.25) is 5.02 Å². The average Bonchev–Trinajstić information content (AvgIpc) is 3.23. The molecule has 0 fully saturated rings. The van der Waals surface area contributed by atoms with Gasteiger partial charge in [0.1, 0.15) is 10.7 Å². The number of aryl methyl sites for hydroxylation is 1. The number of thioether (sulfide) groups is 1. The molecular formula is C21H21ClN2O4S2. The number of benzene rings is 2. The Morgan fingerprint density at radius 2 is 1.90 bits per heavy atom. The van der Waals surface area contributed by atoms with Crippen molar-refractivity contribution in [2.24, 2.45) is 0 Å². The number of rotatable bonds is 9. The molecule has 0 aliphatic heterocycles. The first-order chi connectivity index (χ1) is 14.3. The lowest BCUT2D eigenvalue weighted by molar-refractivity contribution is 0.0956. The standard InChI is InChI=1S/C21H21ClN2O4S2/c1-15-4-7-17(8-5-15)24-30(26,27)20-13-16(6-9-19(20)22)21(25)23-10-12-29-14-18-3-2-11-28-18/h2-9,11,13,24H,10,12,14H2,1H3,(H,23,25). The van der Waals surface area contributed by atoms with E-state index in [9.17, 15) is 13.2 Å². The topological polar surface area (TPSA) is 88.4 Å². The fraction of sp³-hybridized carbons (Fsp3) is 0.190. The fourth-order valence-corrected chi connectivity index (χ4v) is 4.93. The average molecular weight is 465 g/mol. The van der Waals surface area contributed by atoms with E-state index in [-0.39, 0.29) is 21.4 Å². The number of nitrogens with one attached hydrogen (secondary N) is 2. The van der Waals surface area contributed by atoms with Crippen molar-refractivity contribution < 1.29 is 17.6 Å². The number of carbonyl (C=O) groups excluding carboxylic acids is 1. The molecule has 158 valence electrons. The van der Waals surface area contributed by atoms with E-state index in [0.29, 0.717) is 18.0 Å². The van der Waals surface area contributed by atoms with Crippen LogP contribution in [0.3, 0.4) is 0 Å². The zero-order chi connectivity index (χ0) is 21.6. The van der Waals surface area contributed by atoms with Gasteiger partial charge < -0.3 is 9.73 Å². The molecule has 3 aromatic rings. The third-order valence-electron chi connectivity index (χ3n) is 4.14. The van der Waals surface area contributed by atoms with E-state index in [1.807, 2.05) is 19.1 Å². The minimum atomic E-state index is -3.94. The highest BCUT2D eigenvalue weighted by atomic mass is 35.5. The van der Waals surface area contributed by atoms with E-state index in [1.54, 1.807) is 42.3 Å². The lowest BCUT2D eigenvalue weighted by atomic mass is 10.2. The van der Waals surface area contributed by atoms with Crippen molar-refractivity contribution in [1.82, 2.24) is 5.32 Å². The van der Waals surface area contributed by atoms with Crippen molar-refractivity contribution >= 4 is 45.0 Å². The van der Waals surface area contributed by atoms with Gasteiger partial charge in [-0.05, 0) is 49.4 Å². The Morgan fingerprint density at radius 3 is 2.60 bits per heavy atom. The van der Waals surface area contributed by atoms with Crippen LogP contribution in [0.15, 0.2) is 70.2 Å². The number of hydrogen-bond donors (Lipinski definition) is 2. The summed E-state index contributed by atoms with van der Waals surface area (Å²) in [6.07, 6.45) is 1.62. The summed E-state index contributed by atoms with van der Waals surface area (Å²) in [4.78, 5) is 12.3. The van der Waals surface area contributed by atoms with Gasteiger partial charge in [-0.25, -0.2) is 8.42 Å². The molecule has 0 bridgehead atoms. The minimum Gasteiger partial charge on any atom is -0.468 e. The maximum Gasteiger partial charge on any atom is 0.263 e. The van der Waals surface area contributed by atoms with Gasteiger partial charge in [0.2, 0.25) is 0 Å². The second kappa shape index (κ2) is 10.1. The van der Waals surface area contributed by atoms with Crippen LogP contribution in [0.4, 0.5) is 5.69 Å². The van der Waals surface area contributed by atoms with E-state index >= 15 is 0 Å². The van der Waals surface area contributed by atoms with Crippen molar-refractivity contribution in [2.75, 3.05) is 17.0 Å². The lowest BCUT2D eigenvalue weighted by Gasteiger charge is -2.11. The minimum absolute atomic E-state index is 0.0418. The third-order valence-corrected chi connectivity index (χ3v) is 6.99. The monoisotopic (exact) mass is 464 g/mol. The Hall–Kier alpha value is -2.42. The highest BCUT2D eigenvalue weighted by molar-refractivity contribution is 7.98. The summed E-state index contributed by atoms with van der Waals surface area (Å²) < 4.78 is 33.2. The molecule has 1 aromatic heterocycles. The molecule has 0 saturated carbocycles. The summed E-state index contributed by atoms with van der Waals surface area (Å²) >= 11 is 7.73. The Labute approximate surface area is 185 Å². The van der Waals surface area contributed by atoms with E-state index in [2.05, 4.69) is 10.0 Å². The maximum atomic E-state index is 12.8. The molecule has 0 radical (unpaired) electrons. The number of anilines is 1. The molecule has 0 aliphatic carbocycles. The summed E-state index contributed by atoms with van der Waals surface area (Å²) in [5.41, 5.74) is 1.65. The van der Waals surface area contributed by atoms with Crippen molar-refractivity contribution in [3.63, 3.8) is 0 Å². The first-order valence-corrected chi connectivity index (χ1v) is 12.1. The van der Waals surface area contributed by atoms with E-state index < -0.39 is 10.0 Å². The molecular weight excluding hydrogens is 444 g/mol. The Balaban J connectivity index is 1.61. The first kappa shape index (κ1) is 22.3. The molecule has 0 atom stereocenters. The predicted molar refractivity (Wildman–Crippen MR) is 121 cm³/mol. The number of furan rings is 1. The highest BCUT2D eigenvalue weighted by Gasteiger charge is 2.20. The third kappa shape index (κ3) is 6.04. The Kier molecular flexibility index (Phi) is 7.47. The molecule has 2 N–H and O–H groups in total. The molecule has 9 heteroatoms. The second-order valence-electron chi connectivity index (χ2n) is 6.50. The molecule has 0 saturated heterocycles. The molecule has 0 unspecified atom stereocenters. The Bertz CT molecular complexity index is 1100. The summed E-state index contributed by atoms with van der Waals surface area (Å²) in [5.74, 6) is 1.92. The first-order valence-electron chi connectivity index (χ1n) is 9.12. The van der Waals surface area contributed by atoms with Crippen LogP contribution in [-0.4, -0.2) is 26.6 Å². The summed E-state index contributed by atoms with van der Waals surface area (Å²) in [6, 6.07) is 14.8. The van der Waals surface area contributed by atoms with Crippen molar-refractivity contribution in [2.45, 2.75) is 17.6 Å². The summed E-state index contributed by atoms with van der Waals surface area (Å²) in [6.45, 7) is 2.35. The van der Waals surface area contributed by atoms with E-state index in [1.165, 1.54) is 18.2 Å². The van der Waals surface area contributed by atoms with E-state index in [0.717, 1.165) is 17.1 Å². The number of carbonyl (C=O) groups is 1. The number of amides is 1. The smallest absolute Gasteiger partial charge is 0.263 e. The molecule has 0 spiro atoms. The van der Waals surface area contributed by atoms with Crippen LogP contribution < -0.4 is 10.0 Å². The van der Waals surface area contributed by atoms with Crippen LogP contribution in [0, 0.1) is 6.92 Å². The lowest BCUT2D eigenvalue weighted by Crippen LogP contribution is -2.26. The van der Waals surface area contributed by atoms with Gasteiger partial charge in [0.05, 0.1) is 17.0 Å². The normalized spacial score (nSPS) is 11.3. The molecule has 3 rings (SSSR count). The maximum absolute atomic E-state index is 12.8. The van der Waals surface area contributed by atoms with Crippen molar-refractivity contribution in [1.29, 1.82) is 0 Å². The molecule has 1 amide bonds. The highest BCUT2D eigenvalue weighted by Crippen LogP contribution is 2.25. The van der Waals surface area contributed by atoms with Gasteiger partial charge in [0.25, 0.3) is 15.9 Å². The van der Waals surface area contributed by atoms with Gasteiger partial charge in [-0.3, -0.25) is 9.52 Å². The van der Waals surface area contributed by atoms with Gasteiger partial charge in [-0.15, -0.1) is 0 Å². The predicted octanol–water partition coefficient (Wildman–Crippen LogP) is 4.71. The summed E-state index contributed by atoms with van der Waals surface area (Å²) in [5, 5.41) is 2.83. The van der Waals surface area contributed by atoms with Gasteiger partial charge in [0.15, 0.2) is 0 Å². The number of sulfonamides is 1. The molecule has 1 heterocycles. The quantitative estimate of drug-likeness (QED) is 0.448. The second-order valence-corrected chi connectivity index (χ2v) is 9.67. The van der Waals surface area contributed by atoms with Gasteiger partial charge in [0, 0.05) is 23.5 Å². The fourth-order valence-electron chi connectivity index (χ4n) is 2.59. The number of hydrogen-bond acceptors (Lipinski definition) is 5. The van der Waals surface area contributed by atoms with Crippen LogP contribution in [0.5, 0.6) is 0 Å². The molecule has 0 aliphatic rings. The SMILES string of the molecule is Cc1ccc(NS(=O)(=O)c2cc(C(=O)NCCSCc3ccco3)ccc2Cl)cc1. The van der Waals surface area contributed by atoms with Gasteiger partial charge in [-0.2, -0.15) is 11.8 Å².